The maximum Gasteiger partial charge on any atom is 0.231 e. The van der Waals surface area contributed by atoms with Crippen molar-refractivity contribution >= 4 is 11.8 Å². The van der Waals surface area contributed by atoms with Gasteiger partial charge in [0.15, 0.2) is 0 Å². The molecule has 1 aromatic rings. The van der Waals surface area contributed by atoms with E-state index in [-0.39, 0.29) is 17.9 Å². The number of nitrogens with one attached hydrogen (secondary N) is 1. The normalized spacial score (nSPS) is 28.3. The highest BCUT2D eigenvalue weighted by molar-refractivity contribution is 5.89. The molecule has 1 fully saturated rings. The summed E-state index contributed by atoms with van der Waals surface area (Å²) in [6.45, 7) is 0. The lowest BCUT2D eigenvalue weighted by atomic mass is 9.73. The van der Waals surface area contributed by atoms with Crippen molar-refractivity contribution in [2.75, 3.05) is 14.1 Å². The first-order chi connectivity index (χ1) is 9.04. The minimum Gasteiger partial charge on any atom is -0.348 e. The highest BCUT2D eigenvalue weighted by Gasteiger charge is 2.54. The molecule has 2 amide bonds. The second kappa shape index (κ2) is 4.08. The van der Waals surface area contributed by atoms with E-state index < -0.39 is 5.41 Å². The predicted molar refractivity (Wildman–Crippen MR) is 71.4 cm³/mol. The Bertz CT molecular complexity index is 553. The first-order valence-electron chi connectivity index (χ1n) is 6.63. The lowest BCUT2D eigenvalue weighted by Crippen LogP contribution is -2.52. The van der Waals surface area contributed by atoms with Crippen molar-refractivity contribution in [2.24, 2.45) is 5.41 Å². The zero-order valence-corrected chi connectivity index (χ0v) is 11.3. The molecule has 0 bridgehead atoms. The van der Waals surface area contributed by atoms with Crippen molar-refractivity contribution in [1.82, 2.24) is 10.2 Å². The average molecular weight is 258 g/mol. The molecular formula is C15H18N2O2. The Morgan fingerprint density at radius 1 is 1.37 bits per heavy atom. The lowest BCUT2D eigenvalue weighted by molar-refractivity contribution is -0.145. The molecule has 1 N–H and O–H groups in total. The molecule has 1 heterocycles. The number of fused-ring (bicyclic) bond motifs is 3. The van der Waals surface area contributed by atoms with Crippen molar-refractivity contribution in [3.8, 4) is 0 Å². The van der Waals surface area contributed by atoms with Gasteiger partial charge in [0, 0.05) is 20.5 Å². The SMILES string of the molecule is CN(C)C(=O)[C@]12CCC(=O)N[C@H]1c1ccccc1C2. The molecule has 1 aromatic carbocycles. The fourth-order valence-corrected chi connectivity index (χ4v) is 3.49. The van der Waals surface area contributed by atoms with Crippen LogP contribution < -0.4 is 5.32 Å². The molecule has 3 rings (SSSR count). The summed E-state index contributed by atoms with van der Waals surface area (Å²) in [6.07, 6.45) is 1.80. The minimum absolute atomic E-state index is 0.0453. The smallest absolute Gasteiger partial charge is 0.231 e. The third-order valence-corrected chi connectivity index (χ3v) is 4.36. The zero-order valence-electron chi connectivity index (χ0n) is 11.3. The summed E-state index contributed by atoms with van der Waals surface area (Å²) < 4.78 is 0. The summed E-state index contributed by atoms with van der Waals surface area (Å²) in [5.41, 5.74) is 1.80. The second-order valence-electron chi connectivity index (χ2n) is 5.73. The van der Waals surface area contributed by atoms with Gasteiger partial charge in [-0.1, -0.05) is 24.3 Å². The van der Waals surface area contributed by atoms with E-state index in [1.165, 1.54) is 5.56 Å². The van der Waals surface area contributed by atoms with Gasteiger partial charge in [0.1, 0.15) is 0 Å². The predicted octanol–water partition coefficient (Wildman–Crippen LogP) is 1.27. The standard InChI is InChI=1S/C15H18N2O2/c1-17(2)14(19)15-8-7-12(18)16-13(15)11-6-4-3-5-10(11)9-15/h3-6,13H,7-9H2,1-2H3,(H,16,18)/t13-,15-/m0/s1. The van der Waals surface area contributed by atoms with E-state index >= 15 is 0 Å². The van der Waals surface area contributed by atoms with Crippen molar-refractivity contribution in [2.45, 2.75) is 25.3 Å². The highest BCUT2D eigenvalue weighted by Crippen LogP contribution is 2.51. The molecule has 1 aliphatic heterocycles. The van der Waals surface area contributed by atoms with Crippen LogP contribution in [0, 0.1) is 5.41 Å². The van der Waals surface area contributed by atoms with Crippen molar-refractivity contribution in [1.29, 1.82) is 0 Å². The Balaban J connectivity index is 2.09. The number of rotatable bonds is 1. The van der Waals surface area contributed by atoms with Crippen LogP contribution in [0.1, 0.15) is 30.0 Å². The second-order valence-corrected chi connectivity index (χ2v) is 5.73. The minimum atomic E-state index is -0.485. The zero-order chi connectivity index (χ0) is 13.6. The Kier molecular flexibility index (Phi) is 2.62. The Morgan fingerprint density at radius 2 is 2.11 bits per heavy atom. The molecule has 2 atom stereocenters. The van der Waals surface area contributed by atoms with E-state index in [0.29, 0.717) is 12.8 Å². The molecule has 0 radical (unpaired) electrons. The first kappa shape index (κ1) is 12.2. The monoisotopic (exact) mass is 258 g/mol. The van der Waals surface area contributed by atoms with E-state index in [2.05, 4.69) is 11.4 Å². The maximum atomic E-state index is 12.7. The molecule has 0 unspecified atom stereocenters. The van der Waals surface area contributed by atoms with Crippen molar-refractivity contribution < 1.29 is 9.59 Å². The summed E-state index contributed by atoms with van der Waals surface area (Å²) in [5.74, 6) is 0.164. The van der Waals surface area contributed by atoms with Crippen molar-refractivity contribution in [3.05, 3.63) is 35.4 Å². The van der Waals surface area contributed by atoms with E-state index in [9.17, 15) is 9.59 Å². The average Bonchev–Trinajstić information content (AvgIpc) is 2.73. The number of piperidine rings is 1. The third kappa shape index (κ3) is 1.66. The van der Waals surface area contributed by atoms with Crippen LogP contribution >= 0.6 is 0 Å². The molecule has 19 heavy (non-hydrogen) atoms. The van der Waals surface area contributed by atoms with Gasteiger partial charge in [-0.15, -0.1) is 0 Å². The van der Waals surface area contributed by atoms with Crippen LogP contribution in [-0.4, -0.2) is 30.8 Å². The van der Waals surface area contributed by atoms with Gasteiger partial charge in [0.2, 0.25) is 11.8 Å². The number of hydrogen-bond donors (Lipinski definition) is 1. The summed E-state index contributed by atoms with van der Waals surface area (Å²) in [7, 11) is 3.57. The van der Waals surface area contributed by atoms with Crippen LogP contribution in [0.4, 0.5) is 0 Å². The summed E-state index contributed by atoms with van der Waals surface area (Å²) >= 11 is 0. The summed E-state index contributed by atoms with van der Waals surface area (Å²) in [6, 6.07) is 7.88. The van der Waals surface area contributed by atoms with E-state index in [0.717, 1.165) is 12.0 Å². The van der Waals surface area contributed by atoms with Gasteiger partial charge >= 0.3 is 0 Å². The number of nitrogens with zero attached hydrogens (tertiary/aromatic N) is 1. The molecule has 4 heteroatoms. The molecular weight excluding hydrogens is 240 g/mol. The van der Waals surface area contributed by atoms with E-state index in [1.54, 1.807) is 19.0 Å². The first-order valence-corrected chi connectivity index (χ1v) is 6.63. The van der Waals surface area contributed by atoms with E-state index in [1.807, 2.05) is 18.2 Å². The van der Waals surface area contributed by atoms with Gasteiger partial charge in [-0.05, 0) is 24.0 Å². The van der Waals surface area contributed by atoms with Gasteiger partial charge in [-0.2, -0.15) is 0 Å². The van der Waals surface area contributed by atoms with E-state index in [4.69, 9.17) is 0 Å². The van der Waals surface area contributed by atoms with Crippen LogP contribution in [0.5, 0.6) is 0 Å². The molecule has 1 saturated heterocycles. The fraction of sp³-hybridized carbons (Fsp3) is 0.467. The number of carbonyl (C=O) groups is 2. The molecule has 0 spiro atoms. The Hall–Kier alpha value is -1.84. The van der Waals surface area contributed by atoms with Crippen LogP contribution in [0.25, 0.3) is 0 Å². The van der Waals surface area contributed by atoms with Crippen LogP contribution in [0.15, 0.2) is 24.3 Å². The Labute approximate surface area is 112 Å². The fourth-order valence-electron chi connectivity index (χ4n) is 3.49. The summed E-state index contributed by atoms with van der Waals surface area (Å²) in [5, 5.41) is 3.02. The van der Waals surface area contributed by atoms with Gasteiger partial charge < -0.3 is 10.2 Å². The number of benzene rings is 1. The molecule has 2 aliphatic rings. The highest BCUT2D eigenvalue weighted by atomic mass is 16.2. The van der Waals surface area contributed by atoms with Gasteiger partial charge in [0.05, 0.1) is 11.5 Å². The molecule has 1 aliphatic carbocycles. The summed E-state index contributed by atoms with van der Waals surface area (Å²) in [4.78, 5) is 26.0. The number of amides is 2. The Morgan fingerprint density at radius 3 is 2.84 bits per heavy atom. The van der Waals surface area contributed by atoms with Crippen LogP contribution in [-0.2, 0) is 16.0 Å². The maximum absolute atomic E-state index is 12.7. The number of carbonyl (C=O) groups excluding carboxylic acids is 2. The van der Waals surface area contributed by atoms with Crippen molar-refractivity contribution in [3.63, 3.8) is 0 Å². The third-order valence-electron chi connectivity index (χ3n) is 4.36. The van der Waals surface area contributed by atoms with Gasteiger partial charge in [-0.25, -0.2) is 0 Å². The largest absolute Gasteiger partial charge is 0.348 e. The van der Waals surface area contributed by atoms with Crippen LogP contribution in [0.2, 0.25) is 0 Å². The molecule has 4 nitrogen and oxygen atoms in total. The topological polar surface area (TPSA) is 49.4 Å². The quantitative estimate of drug-likeness (QED) is 0.824. The van der Waals surface area contributed by atoms with Gasteiger partial charge in [0.25, 0.3) is 0 Å². The molecule has 100 valence electrons. The van der Waals surface area contributed by atoms with Gasteiger partial charge in [-0.3, -0.25) is 9.59 Å². The molecule has 0 saturated carbocycles. The number of hydrogen-bond acceptors (Lipinski definition) is 2. The molecule has 0 aromatic heterocycles. The lowest BCUT2D eigenvalue weighted by Gasteiger charge is -2.40. The van der Waals surface area contributed by atoms with Crippen LogP contribution in [0.3, 0.4) is 0 Å².